The second kappa shape index (κ2) is 4.82. The van der Waals surface area contributed by atoms with E-state index in [1.165, 1.54) is 19.3 Å². The normalized spacial score (nSPS) is 34.0. The lowest BCUT2D eigenvalue weighted by Gasteiger charge is -2.24. The van der Waals surface area contributed by atoms with Gasteiger partial charge in [0.05, 0.1) is 11.5 Å². The summed E-state index contributed by atoms with van der Waals surface area (Å²) in [5.41, 5.74) is 0.0378. The van der Waals surface area contributed by atoms with Crippen molar-refractivity contribution in [1.29, 1.82) is 5.26 Å². The molecule has 0 bridgehead atoms. The third-order valence-corrected chi connectivity index (χ3v) is 3.96. The van der Waals surface area contributed by atoms with Crippen molar-refractivity contribution in [1.82, 2.24) is 0 Å². The number of rotatable bonds is 4. The van der Waals surface area contributed by atoms with Gasteiger partial charge in [0, 0.05) is 0 Å². The molecule has 0 heterocycles. The summed E-state index contributed by atoms with van der Waals surface area (Å²) in [4.78, 5) is 0. The second-order valence-electron chi connectivity index (χ2n) is 5.13. The monoisotopic (exact) mass is 193 g/mol. The van der Waals surface area contributed by atoms with Gasteiger partial charge in [-0.3, -0.25) is 0 Å². The van der Waals surface area contributed by atoms with Crippen molar-refractivity contribution in [2.24, 2.45) is 17.3 Å². The highest BCUT2D eigenvalue weighted by Gasteiger charge is 2.39. The molecule has 3 unspecified atom stereocenters. The van der Waals surface area contributed by atoms with Crippen LogP contribution in [0.1, 0.15) is 59.3 Å². The molecular weight excluding hydrogens is 170 g/mol. The third kappa shape index (κ3) is 2.50. The number of hydrogen-bond acceptors (Lipinski definition) is 1. The molecule has 1 fully saturated rings. The van der Waals surface area contributed by atoms with Crippen LogP contribution in [0.15, 0.2) is 0 Å². The lowest BCUT2D eigenvalue weighted by atomic mass is 9.78. The topological polar surface area (TPSA) is 23.8 Å². The molecule has 3 atom stereocenters. The first-order valence-electron chi connectivity index (χ1n) is 6.07. The summed E-state index contributed by atoms with van der Waals surface area (Å²) in [6, 6.07) is 2.61. The van der Waals surface area contributed by atoms with Crippen LogP contribution in [0.4, 0.5) is 0 Å². The molecule has 0 aliphatic heterocycles. The zero-order chi connectivity index (χ0) is 10.6. The van der Waals surface area contributed by atoms with Crippen LogP contribution in [0.25, 0.3) is 0 Å². The highest BCUT2D eigenvalue weighted by atomic mass is 14.5. The Kier molecular flexibility index (Phi) is 3.98. The molecule has 0 aromatic carbocycles. The maximum atomic E-state index is 9.32. The van der Waals surface area contributed by atoms with Gasteiger partial charge in [-0.25, -0.2) is 0 Å². The Morgan fingerprint density at radius 2 is 2.21 bits per heavy atom. The average Bonchev–Trinajstić information content (AvgIpc) is 2.62. The lowest BCUT2D eigenvalue weighted by Crippen LogP contribution is -2.18. The van der Waals surface area contributed by atoms with Gasteiger partial charge in [-0.2, -0.15) is 5.26 Å². The van der Waals surface area contributed by atoms with Gasteiger partial charge >= 0.3 is 0 Å². The van der Waals surface area contributed by atoms with Crippen LogP contribution in [-0.2, 0) is 0 Å². The summed E-state index contributed by atoms with van der Waals surface area (Å²) in [6.07, 6.45) is 7.16. The van der Waals surface area contributed by atoms with Gasteiger partial charge in [-0.1, -0.05) is 33.6 Å². The number of nitrogens with zero attached hydrogens (tertiary/aromatic N) is 1. The fraction of sp³-hybridized carbons (Fsp3) is 0.923. The molecule has 1 aliphatic carbocycles. The highest BCUT2D eigenvalue weighted by molar-refractivity contribution is 5.04. The maximum absolute atomic E-state index is 9.32. The molecule has 0 saturated heterocycles. The summed E-state index contributed by atoms with van der Waals surface area (Å²) in [5.74, 6) is 1.53. The Morgan fingerprint density at radius 1 is 1.50 bits per heavy atom. The molecular formula is C13H23N. The molecule has 0 radical (unpaired) electrons. The van der Waals surface area contributed by atoms with Crippen molar-refractivity contribution in [2.75, 3.05) is 0 Å². The lowest BCUT2D eigenvalue weighted by molar-refractivity contribution is 0.292. The number of hydrogen-bond donors (Lipinski definition) is 0. The molecule has 1 heteroatoms. The fourth-order valence-electron chi connectivity index (χ4n) is 2.73. The van der Waals surface area contributed by atoms with E-state index in [-0.39, 0.29) is 5.41 Å². The SMILES string of the molecule is CCC(C)CC1(C#N)CCC(CC)C1. The standard InChI is InChI=1S/C13H23N/c1-4-11(3)8-13(10-14)7-6-12(5-2)9-13/h11-12H,4-9H2,1-3H3. The molecule has 0 aromatic heterocycles. The molecule has 0 spiro atoms. The van der Waals surface area contributed by atoms with E-state index in [1.807, 2.05) is 0 Å². The van der Waals surface area contributed by atoms with Gasteiger partial charge in [0.1, 0.15) is 0 Å². The van der Waals surface area contributed by atoms with E-state index < -0.39 is 0 Å². The minimum atomic E-state index is 0.0378. The Bertz CT molecular complexity index is 216. The van der Waals surface area contributed by atoms with E-state index in [2.05, 4.69) is 26.8 Å². The molecule has 1 aliphatic rings. The van der Waals surface area contributed by atoms with Gasteiger partial charge in [0.15, 0.2) is 0 Å². The summed E-state index contributed by atoms with van der Waals surface area (Å²) in [5, 5.41) is 9.32. The summed E-state index contributed by atoms with van der Waals surface area (Å²) >= 11 is 0. The van der Waals surface area contributed by atoms with Gasteiger partial charge in [0.25, 0.3) is 0 Å². The minimum Gasteiger partial charge on any atom is -0.198 e. The fourth-order valence-corrected chi connectivity index (χ4v) is 2.73. The van der Waals surface area contributed by atoms with E-state index in [4.69, 9.17) is 0 Å². The van der Waals surface area contributed by atoms with E-state index in [9.17, 15) is 5.26 Å². The number of nitriles is 1. The molecule has 80 valence electrons. The molecule has 0 amide bonds. The van der Waals surface area contributed by atoms with E-state index in [0.717, 1.165) is 25.2 Å². The van der Waals surface area contributed by atoms with Crippen molar-refractivity contribution < 1.29 is 0 Å². The molecule has 1 saturated carbocycles. The highest BCUT2D eigenvalue weighted by Crippen LogP contribution is 2.46. The predicted octanol–water partition coefficient (Wildman–Crippen LogP) is 4.14. The van der Waals surface area contributed by atoms with Crippen LogP contribution in [0.5, 0.6) is 0 Å². The zero-order valence-electron chi connectivity index (χ0n) is 9.84. The van der Waals surface area contributed by atoms with Gasteiger partial charge < -0.3 is 0 Å². The summed E-state index contributed by atoms with van der Waals surface area (Å²) in [6.45, 7) is 6.75. The summed E-state index contributed by atoms with van der Waals surface area (Å²) in [7, 11) is 0. The van der Waals surface area contributed by atoms with E-state index >= 15 is 0 Å². The van der Waals surface area contributed by atoms with Crippen molar-refractivity contribution in [3.8, 4) is 6.07 Å². The average molecular weight is 193 g/mol. The van der Waals surface area contributed by atoms with Crippen LogP contribution in [0.3, 0.4) is 0 Å². The largest absolute Gasteiger partial charge is 0.198 e. The smallest absolute Gasteiger partial charge is 0.0689 e. The van der Waals surface area contributed by atoms with Crippen molar-refractivity contribution >= 4 is 0 Å². The van der Waals surface area contributed by atoms with Crippen molar-refractivity contribution in [2.45, 2.75) is 59.3 Å². The first kappa shape index (κ1) is 11.6. The zero-order valence-corrected chi connectivity index (χ0v) is 9.84. The van der Waals surface area contributed by atoms with Crippen LogP contribution < -0.4 is 0 Å². The Labute approximate surface area is 88.5 Å². The van der Waals surface area contributed by atoms with Crippen LogP contribution >= 0.6 is 0 Å². The quantitative estimate of drug-likeness (QED) is 0.658. The van der Waals surface area contributed by atoms with Crippen molar-refractivity contribution in [3.05, 3.63) is 0 Å². The van der Waals surface area contributed by atoms with Crippen molar-refractivity contribution in [3.63, 3.8) is 0 Å². The molecule has 0 aromatic rings. The Morgan fingerprint density at radius 3 is 2.64 bits per heavy atom. The molecule has 0 N–H and O–H groups in total. The Hall–Kier alpha value is -0.510. The predicted molar refractivity (Wildman–Crippen MR) is 59.8 cm³/mol. The summed E-state index contributed by atoms with van der Waals surface area (Å²) < 4.78 is 0. The molecule has 14 heavy (non-hydrogen) atoms. The van der Waals surface area contributed by atoms with Crippen LogP contribution in [0, 0.1) is 28.6 Å². The van der Waals surface area contributed by atoms with Gasteiger partial charge in [-0.05, 0) is 37.5 Å². The van der Waals surface area contributed by atoms with Gasteiger partial charge in [0.2, 0.25) is 0 Å². The molecule has 1 nitrogen and oxygen atoms in total. The van der Waals surface area contributed by atoms with Gasteiger partial charge in [-0.15, -0.1) is 0 Å². The first-order chi connectivity index (χ1) is 6.65. The maximum Gasteiger partial charge on any atom is 0.0689 e. The minimum absolute atomic E-state index is 0.0378. The van der Waals surface area contributed by atoms with Crippen LogP contribution in [0.2, 0.25) is 0 Å². The molecule has 1 rings (SSSR count). The Balaban J connectivity index is 2.57. The van der Waals surface area contributed by atoms with E-state index in [1.54, 1.807) is 0 Å². The second-order valence-corrected chi connectivity index (χ2v) is 5.13. The first-order valence-corrected chi connectivity index (χ1v) is 6.07. The van der Waals surface area contributed by atoms with E-state index in [0.29, 0.717) is 5.92 Å². The third-order valence-electron chi connectivity index (χ3n) is 3.96. The van der Waals surface area contributed by atoms with Crippen LogP contribution in [-0.4, -0.2) is 0 Å².